The predicted molar refractivity (Wildman–Crippen MR) is 122 cm³/mol. The van der Waals surface area contributed by atoms with E-state index in [-0.39, 0.29) is 11.5 Å². The van der Waals surface area contributed by atoms with Crippen LogP contribution >= 0.6 is 46.7 Å². The molecule has 0 fully saturated rings. The first-order valence-corrected chi connectivity index (χ1v) is 13.1. The van der Waals surface area contributed by atoms with Crippen LogP contribution in [0.2, 0.25) is 10.0 Å². The van der Waals surface area contributed by atoms with Gasteiger partial charge in [-0.3, -0.25) is 0 Å². The minimum Gasteiger partial charge on any atom is -0.229 e. The predicted octanol–water partition coefficient (Wildman–Crippen LogP) is 6.53. The van der Waals surface area contributed by atoms with Crippen LogP contribution in [0.5, 0.6) is 0 Å². The Morgan fingerprint density at radius 1 is 0.704 bits per heavy atom. The van der Waals surface area contributed by atoms with Gasteiger partial charge in [-0.1, -0.05) is 23.2 Å². The Morgan fingerprint density at radius 3 is 1.44 bits per heavy atom. The lowest BCUT2D eigenvalue weighted by Gasteiger charge is -2.10. The number of aryl methyl sites for hydroxylation is 4. The van der Waals surface area contributed by atoms with Gasteiger partial charge in [-0.15, -0.1) is 23.5 Å². The molecule has 0 aliphatic heterocycles. The molecule has 0 radical (unpaired) electrons. The van der Waals surface area contributed by atoms with Gasteiger partial charge in [0.05, 0.1) is 11.5 Å². The topological polar surface area (TPSA) is 34.1 Å². The van der Waals surface area contributed by atoms with Crippen molar-refractivity contribution >= 4 is 56.6 Å². The number of hydrogen-bond donors (Lipinski definition) is 0. The molecule has 0 bridgehead atoms. The number of sulfone groups is 1. The lowest BCUT2D eigenvalue weighted by Crippen LogP contribution is -2.14. The van der Waals surface area contributed by atoms with E-state index in [4.69, 9.17) is 23.2 Å². The number of thioether (sulfide) groups is 2. The molecule has 2 nitrogen and oxygen atoms in total. The lowest BCUT2D eigenvalue weighted by molar-refractivity contribution is 0.599. The van der Waals surface area contributed by atoms with Crippen LogP contribution in [0.1, 0.15) is 22.3 Å². The average molecular weight is 464 g/mol. The number of benzene rings is 2. The van der Waals surface area contributed by atoms with E-state index in [9.17, 15) is 8.42 Å². The Morgan fingerprint density at radius 2 is 1.07 bits per heavy atom. The summed E-state index contributed by atoms with van der Waals surface area (Å²) in [6, 6.07) is 7.91. The fourth-order valence-electron chi connectivity index (χ4n) is 2.48. The number of hydrogen-bond acceptors (Lipinski definition) is 4. The summed E-state index contributed by atoms with van der Waals surface area (Å²) in [6.45, 7) is 7.91. The fourth-order valence-corrected chi connectivity index (χ4v) is 7.35. The van der Waals surface area contributed by atoms with Gasteiger partial charge in [0, 0.05) is 31.3 Å². The van der Waals surface area contributed by atoms with Gasteiger partial charge >= 0.3 is 0 Å². The molecule has 0 spiro atoms. The highest BCUT2D eigenvalue weighted by molar-refractivity contribution is 8.02. The second-order valence-corrected chi connectivity index (χ2v) is 12.0. The van der Waals surface area contributed by atoms with E-state index in [0.717, 1.165) is 42.1 Å². The average Bonchev–Trinajstić information content (AvgIpc) is 2.56. The van der Waals surface area contributed by atoms with Crippen LogP contribution in [0.15, 0.2) is 34.1 Å². The van der Waals surface area contributed by atoms with E-state index in [1.807, 2.05) is 52.0 Å². The highest BCUT2D eigenvalue weighted by atomic mass is 35.5. The molecule has 2 rings (SSSR count). The van der Waals surface area contributed by atoms with Crippen molar-refractivity contribution in [2.75, 3.05) is 23.0 Å². The third kappa shape index (κ3) is 6.90. The smallest absolute Gasteiger partial charge is 0.151 e. The van der Waals surface area contributed by atoms with Crippen molar-refractivity contribution in [2.24, 2.45) is 0 Å². The molecule has 0 unspecified atom stereocenters. The van der Waals surface area contributed by atoms with Crippen LogP contribution in [0.3, 0.4) is 0 Å². The van der Waals surface area contributed by atoms with Crippen molar-refractivity contribution < 1.29 is 8.42 Å². The first-order chi connectivity index (χ1) is 12.6. The lowest BCUT2D eigenvalue weighted by atomic mass is 10.2. The van der Waals surface area contributed by atoms with E-state index in [1.165, 1.54) is 0 Å². The van der Waals surface area contributed by atoms with Gasteiger partial charge in [-0.25, -0.2) is 8.42 Å². The summed E-state index contributed by atoms with van der Waals surface area (Å²) in [7, 11) is -3.08. The summed E-state index contributed by atoms with van der Waals surface area (Å²) >= 11 is 15.4. The van der Waals surface area contributed by atoms with Gasteiger partial charge in [-0.2, -0.15) is 0 Å². The Balaban J connectivity index is 1.85. The van der Waals surface area contributed by atoms with E-state index in [1.54, 1.807) is 23.5 Å². The van der Waals surface area contributed by atoms with E-state index in [2.05, 4.69) is 0 Å². The van der Waals surface area contributed by atoms with E-state index >= 15 is 0 Å². The normalized spacial score (nSPS) is 11.8. The largest absolute Gasteiger partial charge is 0.229 e. The van der Waals surface area contributed by atoms with Crippen molar-refractivity contribution in [1.29, 1.82) is 0 Å². The zero-order valence-corrected chi connectivity index (χ0v) is 19.9. The maximum Gasteiger partial charge on any atom is 0.151 e. The molecular weight excluding hydrogens is 439 g/mol. The Bertz CT molecular complexity index is 856. The molecular formula is C20H24Cl2O2S3. The van der Waals surface area contributed by atoms with Gasteiger partial charge in [-0.05, 0) is 74.2 Å². The number of halogens is 2. The molecule has 0 saturated carbocycles. The zero-order chi connectivity index (χ0) is 20.2. The molecule has 7 heteroatoms. The van der Waals surface area contributed by atoms with Gasteiger partial charge in [0.2, 0.25) is 0 Å². The second-order valence-electron chi connectivity index (χ2n) is 6.58. The van der Waals surface area contributed by atoms with Gasteiger partial charge < -0.3 is 0 Å². The van der Waals surface area contributed by atoms with Crippen molar-refractivity contribution in [1.82, 2.24) is 0 Å². The molecule has 2 aromatic carbocycles. The molecule has 0 aromatic heterocycles. The SMILES string of the molecule is Cc1cc(SCCS(=O)(=O)CCSc2cc(C)c(Cl)cc2C)c(C)cc1Cl. The van der Waals surface area contributed by atoms with E-state index < -0.39 is 9.84 Å². The molecule has 27 heavy (non-hydrogen) atoms. The van der Waals surface area contributed by atoms with Gasteiger partial charge in [0.15, 0.2) is 9.84 Å². The second kappa shape index (κ2) is 9.93. The summed E-state index contributed by atoms with van der Waals surface area (Å²) in [5.41, 5.74) is 4.18. The minimum absolute atomic E-state index is 0.179. The molecule has 0 N–H and O–H groups in total. The highest BCUT2D eigenvalue weighted by Crippen LogP contribution is 2.29. The molecule has 0 saturated heterocycles. The van der Waals surface area contributed by atoms with Crippen molar-refractivity contribution in [3.05, 3.63) is 56.6 Å². The van der Waals surface area contributed by atoms with E-state index in [0.29, 0.717) is 11.5 Å². The highest BCUT2D eigenvalue weighted by Gasteiger charge is 2.13. The summed E-state index contributed by atoms with van der Waals surface area (Å²) < 4.78 is 24.7. The molecule has 2 aromatic rings. The van der Waals surface area contributed by atoms with Gasteiger partial charge in [0.25, 0.3) is 0 Å². The molecule has 0 aliphatic carbocycles. The molecule has 0 aliphatic rings. The first kappa shape index (κ1) is 23.0. The maximum atomic E-state index is 12.4. The fraction of sp³-hybridized carbons (Fsp3) is 0.400. The summed E-state index contributed by atoms with van der Waals surface area (Å²) in [5.74, 6) is 1.46. The Hall–Kier alpha value is -0.330. The van der Waals surface area contributed by atoms with Crippen molar-refractivity contribution in [3.8, 4) is 0 Å². The van der Waals surface area contributed by atoms with Crippen LogP contribution in [-0.4, -0.2) is 31.4 Å². The third-order valence-electron chi connectivity index (χ3n) is 4.22. The van der Waals surface area contributed by atoms with Crippen molar-refractivity contribution in [2.45, 2.75) is 37.5 Å². The van der Waals surface area contributed by atoms with Crippen LogP contribution in [-0.2, 0) is 9.84 Å². The molecule has 0 atom stereocenters. The Labute approximate surface area is 181 Å². The zero-order valence-electron chi connectivity index (χ0n) is 15.9. The van der Waals surface area contributed by atoms with Crippen molar-refractivity contribution in [3.63, 3.8) is 0 Å². The van der Waals surface area contributed by atoms with Crippen LogP contribution < -0.4 is 0 Å². The minimum atomic E-state index is -3.08. The summed E-state index contributed by atoms with van der Waals surface area (Å²) in [5, 5.41) is 1.49. The first-order valence-electron chi connectivity index (χ1n) is 8.58. The monoisotopic (exact) mass is 462 g/mol. The summed E-state index contributed by atoms with van der Waals surface area (Å²) in [4.78, 5) is 2.18. The van der Waals surface area contributed by atoms with Crippen LogP contribution in [0, 0.1) is 27.7 Å². The molecule has 0 amide bonds. The van der Waals surface area contributed by atoms with Crippen LogP contribution in [0.4, 0.5) is 0 Å². The van der Waals surface area contributed by atoms with Crippen LogP contribution in [0.25, 0.3) is 0 Å². The third-order valence-corrected chi connectivity index (χ3v) is 9.52. The number of rotatable bonds is 8. The molecule has 0 heterocycles. The van der Waals surface area contributed by atoms with Gasteiger partial charge in [0.1, 0.15) is 0 Å². The molecule has 148 valence electrons. The quantitative estimate of drug-likeness (QED) is 0.417. The summed E-state index contributed by atoms with van der Waals surface area (Å²) in [6.07, 6.45) is 0. The Kier molecular flexibility index (Phi) is 8.44. The maximum absolute atomic E-state index is 12.4. The standard InChI is InChI=1S/C20H24Cl2O2S3/c1-13-11-19(15(3)9-17(13)21)25-5-7-27(23,24)8-6-26-20-12-14(2)18(22)10-16(20)4/h9-12H,5-8H2,1-4H3.